The highest BCUT2D eigenvalue weighted by Gasteiger charge is 2.66. The number of likely N-dealkylation sites (tertiary alicyclic amines) is 1. The summed E-state index contributed by atoms with van der Waals surface area (Å²) in [6, 6.07) is 23.2. The summed E-state index contributed by atoms with van der Waals surface area (Å²) in [6.07, 6.45) is 1.31. The third-order valence-electron chi connectivity index (χ3n) is 10.0. The Balaban J connectivity index is 1.47. The molecule has 226 valence electrons. The van der Waals surface area contributed by atoms with E-state index in [1.807, 2.05) is 54.6 Å². The zero-order valence-corrected chi connectivity index (χ0v) is 26.9. The van der Waals surface area contributed by atoms with Crippen molar-refractivity contribution < 1.29 is 24.2 Å². The Kier molecular flexibility index (Phi) is 7.92. The molecular weight excluding hydrogens is 580 g/mol. The van der Waals surface area contributed by atoms with E-state index >= 15 is 0 Å². The molecule has 2 fully saturated rings. The monoisotopic (exact) mass is 618 g/mol. The molecule has 3 heterocycles. The SMILES string of the molecule is COc1ccc([Si](C)(C)[C@H]2[C@H](CC(=O)N3CCC[C@H]3CO)O[C@@]3(C(=O)N(c4ccccc4)c4ccc(Cl)cc43)[C@@H]2C)cc1. The van der Waals surface area contributed by atoms with Gasteiger partial charge in [-0.25, -0.2) is 0 Å². The van der Waals surface area contributed by atoms with Crippen LogP contribution in [-0.2, 0) is 19.9 Å². The van der Waals surface area contributed by atoms with Gasteiger partial charge >= 0.3 is 0 Å². The highest BCUT2D eigenvalue weighted by molar-refractivity contribution is 6.91. The van der Waals surface area contributed by atoms with Crippen LogP contribution in [0.15, 0.2) is 72.8 Å². The maximum atomic E-state index is 14.8. The molecule has 2 amide bonds. The average molecular weight is 619 g/mol. The predicted octanol–water partition coefficient (Wildman–Crippen LogP) is 5.62. The number of carbonyl (C=O) groups excluding carboxylic acids is 2. The van der Waals surface area contributed by atoms with Crippen molar-refractivity contribution >= 4 is 48.1 Å². The molecule has 5 atom stereocenters. The van der Waals surface area contributed by atoms with Crippen LogP contribution in [0.5, 0.6) is 5.75 Å². The van der Waals surface area contributed by atoms with Gasteiger partial charge in [0, 0.05) is 28.7 Å². The number of amides is 2. The van der Waals surface area contributed by atoms with E-state index in [0.717, 1.165) is 35.5 Å². The quantitative estimate of drug-likeness (QED) is 0.348. The Labute approximate surface area is 259 Å². The number of hydrogen-bond acceptors (Lipinski definition) is 5. The highest BCUT2D eigenvalue weighted by atomic mass is 35.5. The Morgan fingerprint density at radius 3 is 2.51 bits per heavy atom. The zero-order chi connectivity index (χ0) is 30.5. The van der Waals surface area contributed by atoms with Gasteiger partial charge in [0.1, 0.15) is 5.75 Å². The molecule has 0 bridgehead atoms. The normalized spacial score (nSPS) is 26.8. The lowest BCUT2D eigenvalue weighted by molar-refractivity contribution is -0.149. The number of para-hydroxylation sites is 1. The van der Waals surface area contributed by atoms with Crippen LogP contribution >= 0.6 is 11.6 Å². The minimum Gasteiger partial charge on any atom is -0.497 e. The number of hydrogen-bond donors (Lipinski definition) is 1. The first-order valence-electron chi connectivity index (χ1n) is 15.1. The number of halogens is 1. The highest BCUT2D eigenvalue weighted by Crippen LogP contribution is 2.61. The Hall–Kier alpha value is -3.17. The summed E-state index contributed by atoms with van der Waals surface area (Å²) < 4.78 is 12.5. The van der Waals surface area contributed by atoms with Gasteiger partial charge in [0.25, 0.3) is 5.91 Å². The van der Waals surface area contributed by atoms with E-state index in [0.29, 0.717) is 11.6 Å². The molecule has 3 aromatic carbocycles. The van der Waals surface area contributed by atoms with Crippen molar-refractivity contribution in [3.8, 4) is 5.75 Å². The molecule has 3 aliphatic heterocycles. The molecule has 7 nitrogen and oxygen atoms in total. The van der Waals surface area contributed by atoms with Gasteiger partial charge in [0.05, 0.1) is 46.0 Å². The largest absolute Gasteiger partial charge is 0.497 e. The van der Waals surface area contributed by atoms with E-state index < -0.39 is 19.8 Å². The average Bonchev–Trinajstić information content (AvgIpc) is 3.67. The predicted molar refractivity (Wildman–Crippen MR) is 171 cm³/mol. The standard InChI is InChI=1S/C34H39ClN2O5Si/c1-22-32(43(3,4)27-15-13-26(41-2)14-16-27)30(20-31(39)36-18-8-11-25(36)21-38)42-34(22)28-19-23(35)12-17-29(28)37(33(34)40)24-9-6-5-7-10-24/h5-7,9-10,12-17,19,22,25,30,32,38H,8,11,18,20-21H2,1-4H3/t22-,25+,30+,32-,34+/m1/s1. The number of aliphatic hydroxyl groups excluding tert-OH is 1. The number of nitrogens with zero attached hydrogens (tertiary/aromatic N) is 2. The molecule has 0 aliphatic carbocycles. The van der Waals surface area contributed by atoms with Gasteiger partial charge in [-0.05, 0) is 60.8 Å². The maximum Gasteiger partial charge on any atom is 0.268 e. The fourth-order valence-electron chi connectivity index (χ4n) is 7.89. The Morgan fingerprint density at radius 1 is 1.12 bits per heavy atom. The lowest BCUT2D eigenvalue weighted by Gasteiger charge is -2.37. The summed E-state index contributed by atoms with van der Waals surface area (Å²) in [7, 11) is -0.750. The van der Waals surface area contributed by atoms with Crippen molar-refractivity contribution in [1.29, 1.82) is 0 Å². The molecule has 43 heavy (non-hydrogen) atoms. The summed E-state index contributed by atoms with van der Waals surface area (Å²) in [5, 5.41) is 11.7. The van der Waals surface area contributed by atoms with Gasteiger partial charge in [-0.1, -0.05) is 67.1 Å². The number of fused-ring (bicyclic) bond motifs is 2. The molecule has 0 unspecified atom stereocenters. The molecule has 6 rings (SSSR count). The second-order valence-electron chi connectivity index (χ2n) is 12.6. The van der Waals surface area contributed by atoms with E-state index in [-0.39, 0.29) is 42.3 Å². The van der Waals surface area contributed by atoms with E-state index in [9.17, 15) is 14.7 Å². The second-order valence-corrected chi connectivity index (χ2v) is 17.7. The van der Waals surface area contributed by atoms with Crippen LogP contribution in [0.25, 0.3) is 0 Å². The molecule has 0 saturated carbocycles. The topological polar surface area (TPSA) is 79.3 Å². The molecular formula is C34H39ClN2O5Si. The third-order valence-corrected chi connectivity index (χ3v) is 14.6. The summed E-state index contributed by atoms with van der Waals surface area (Å²) >= 11 is 6.59. The smallest absolute Gasteiger partial charge is 0.268 e. The molecule has 2 saturated heterocycles. The zero-order valence-electron chi connectivity index (χ0n) is 25.1. The first-order chi connectivity index (χ1) is 20.6. The van der Waals surface area contributed by atoms with Crippen LogP contribution in [0.2, 0.25) is 23.7 Å². The lowest BCUT2D eigenvalue weighted by atomic mass is 9.82. The van der Waals surface area contributed by atoms with Crippen LogP contribution in [0.4, 0.5) is 11.4 Å². The minimum atomic E-state index is -2.40. The minimum absolute atomic E-state index is 0.0352. The van der Waals surface area contributed by atoms with Crippen LogP contribution in [-0.4, -0.2) is 62.3 Å². The van der Waals surface area contributed by atoms with Gasteiger partial charge in [-0.15, -0.1) is 0 Å². The van der Waals surface area contributed by atoms with Crippen LogP contribution in [0.3, 0.4) is 0 Å². The number of methoxy groups -OCH3 is 1. The first-order valence-corrected chi connectivity index (χ1v) is 18.5. The molecule has 1 spiro atoms. The Morgan fingerprint density at radius 2 is 1.84 bits per heavy atom. The number of ether oxygens (including phenoxy) is 2. The van der Waals surface area contributed by atoms with Crippen molar-refractivity contribution in [2.45, 2.75) is 62.6 Å². The summed E-state index contributed by atoms with van der Waals surface area (Å²) in [5.74, 6) is 0.341. The third kappa shape index (κ3) is 4.79. The number of anilines is 2. The number of carbonyl (C=O) groups is 2. The van der Waals surface area contributed by atoms with Gasteiger partial charge < -0.3 is 19.5 Å². The van der Waals surface area contributed by atoms with Crippen molar-refractivity contribution in [3.05, 3.63) is 83.4 Å². The summed E-state index contributed by atoms with van der Waals surface area (Å²) in [6.45, 7) is 7.28. The van der Waals surface area contributed by atoms with E-state index in [1.165, 1.54) is 5.19 Å². The van der Waals surface area contributed by atoms with Gasteiger partial charge in [0.15, 0.2) is 5.60 Å². The molecule has 3 aromatic rings. The van der Waals surface area contributed by atoms with Crippen molar-refractivity contribution in [1.82, 2.24) is 4.90 Å². The molecule has 1 N–H and O–H groups in total. The fourth-order valence-corrected chi connectivity index (χ4v) is 12.1. The Bertz CT molecular complexity index is 1520. The van der Waals surface area contributed by atoms with Crippen LogP contribution in [0, 0.1) is 5.92 Å². The van der Waals surface area contributed by atoms with E-state index in [2.05, 4.69) is 32.2 Å². The van der Waals surface area contributed by atoms with E-state index in [4.69, 9.17) is 21.1 Å². The van der Waals surface area contributed by atoms with Crippen molar-refractivity contribution in [3.63, 3.8) is 0 Å². The van der Waals surface area contributed by atoms with Crippen molar-refractivity contribution in [2.75, 3.05) is 25.2 Å². The fraction of sp³-hybridized carbons (Fsp3) is 0.412. The summed E-state index contributed by atoms with van der Waals surface area (Å²) in [5.41, 5.74) is 0.877. The second kappa shape index (κ2) is 11.4. The van der Waals surface area contributed by atoms with Crippen molar-refractivity contribution in [2.24, 2.45) is 5.92 Å². The summed E-state index contributed by atoms with van der Waals surface area (Å²) in [4.78, 5) is 32.2. The first kappa shape index (κ1) is 29.9. The molecule has 9 heteroatoms. The molecule has 0 radical (unpaired) electrons. The maximum absolute atomic E-state index is 14.8. The van der Waals surface area contributed by atoms with Gasteiger partial charge in [-0.3, -0.25) is 14.5 Å². The van der Waals surface area contributed by atoms with Gasteiger partial charge in [-0.2, -0.15) is 0 Å². The van der Waals surface area contributed by atoms with E-state index in [1.54, 1.807) is 23.0 Å². The number of rotatable bonds is 7. The van der Waals surface area contributed by atoms with Crippen LogP contribution < -0.4 is 14.8 Å². The van der Waals surface area contributed by atoms with Crippen LogP contribution in [0.1, 0.15) is 31.7 Å². The molecule has 3 aliphatic rings. The number of aliphatic hydroxyl groups is 1. The lowest BCUT2D eigenvalue weighted by Crippen LogP contribution is -2.52. The molecule has 0 aromatic heterocycles. The van der Waals surface area contributed by atoms with Gasteiger partial charge in [0.2, 0.25) is 5.91 Å². The number of benzene rings is 3.